The van der Waals surface area contributed by atoms with Crippen LogP contribution in [0.1, 0.15) is 12.0 Å². The molecule has 1 heterocycles. The molecule has 1 saturated heterocycles. The smallest absolute Gasteiger partial charge is 0.244 e. The van der Waals surface area contributed by atoms with Gasteiger partial charge in [0.2, 0.25) is 10.0 Å². The summed E-state index contributed by atoms with van der Waals surface area (Å²) in [7, 11) is -3.47. The van der Waals surface area contributed by atoms with Crippen LogP contribution in [0.4, 0.5) is 0 Å². The van der Waals surface area contributed by atoms with E-state index in [4.69, 9.17) is 5.11 Å². The summed E-state index contributed by atoms with van der Waals surface area (Å²) in [6, 6.07) is 5.29. The topological polar surface area (TPSA) is 60.9 Å². The maximum absolute atomic E-state index is 12.8. The molecule has 0 atom stereocenters. The first kappa shape index (κ1) is 16.9. The zero-order chi connectivity index (χ0) is 15.5. The van der Waals surface area contributed by atoms with Gasteiger partial charge in [-0.3, -0.25) is 4.90 Å². The van der Waals surface area contributed by atoms with Gasteiger partial charge in [-0.15, -0.1) is 0 Å². The first-order chi connectivity index (χ1) is 9.95. The molecule has 1 aromatic rings. The van der Waals surface area contributed by atoms with Gasteiger partial charge in [-0.25, -0.2) is 8.42 Å². The standard InChI is InChI=1S/C14H21BrN2O3S/c1-12-3-4-14(13(15)11-12)21(19,20)17-6-2-5-16(7-8-17)9-10-18/h3-4,11,18H,2,5-10H2,1H3. The number of hydrogen-bond donors (Lipinski definition) is 1. The van der Waals surface area contributed by atoms with Crippen LogP contribution in [-0.4, -0.2) is 62.1 Å². The number of aliphatic hydroxyl groups is 1. The zero-order valence-corrected chi connectivity index (χ0v) is 14.5. The van der Waals surface area contributed by atoms with Crippen molar-refractivity contribution in [1.29, 1.82) is 0 Å². The van der Waals surface area contributed by atoms with Crippen LogP contribution in [-0.2, 0) is 10.0 Å². The van der Waals surface area contributed by atoms with Crippen molar-refractivity contribution in [2.24, 2.45) is 0 Å². The molecule has 0 radical (unpaired) electrons. The van der Waals surface area contributed by atoms with Crippen LogP contribution in [0.15, 0.2) is 27.6 Å². The summed E-state index contributed by atoms with van der Waals surface area (Å²) < 4.78 is 27.7. The van der Waals surface area contributed by atoms with Gasteiger partial charge < -0.3 is 5.11 Å². The minimum Gasteiger partial charge on any atom is -0.395 e. The van der Waals surface area contributed by atoms with Gasteiger partial charge in [-0.1, -0.05) is 6.07 Å². The average molecular weight is 377 g/mol. The molecule has 0 amide bonds. The Morgan fingerprint density at radius 1 is 1.24 bits per heavy atom. The monoisotopic (exact) mass is 376 g/mol. The average Bonchev–Trinajstić information content (AvgIpc) is 2.65. The fraction of sp³-hybridized carbons (Fsp3) is 0.571. The van der Waals surface area contributed by atoms with E-state index in [1.54, 1.807) is 10.4 Å². The molecule has 0 aromatic heterocycles. The Labute approximate surface area is 134 Å². The van der Waals surface area contributed by atoms with Gasteiger partial charge >= 0.3 is 0 Å². The highest BCUT2D eigenvalue weighted by molar-refractivity contribution is 9.10. The van der Waals surface area contributed by atoms with E-state index < -0.39 is 10.0 Å². The van der Waals surface area contributed by atoms with Gasteiger partial charge in [-0.2, -0.15) is 4.31 Å². The number of β-amino-alcohol motifs (C(OH)–C–C–N with tert-alkyl or cyclic N) is 1. The summed E-state index contributed by atoms with van der Waals surface area (Å²) in [6.45, 7) is 5.09. The van der Waals surface area contributed by atoms with Crippen LogP contribution in [0.25, 0.3) is 0 Å². The molecule has 1 aliphatic rings. The molecule has 1 aliphatic heterocycles. The molecule has 7 heteroatoms. The Balaban J connectivity index is 2.19. The molecule has 2 rings (SSSR count). The van der Waals surface area contributed by atoms with Crippen molar-refractivity contribution >= 4 is 26.0 Å². The van der Waals surface area contributed by atoms with Gasteiger partial charge in [0.15, 0.2) is 0 Å². The van der Waals surface area contributed by atoms with Crippen molar-refractivity contribution in [3.05, 3.63) is 28.2 Å². The van der Waals surface area contributed by atoms with Gasteiger partial charge in [-0.05, 0) is 53.5 Å². The van der Waals surface area contributed by atoms with Crippen molar-refractivity contribution in [1.82, 2.24) is 9.21 Å². The summed E-state index contributed by atoms with van der Waals surface area (Å²) >= 11 is 3.36. The molecule has 1 aromatic carbocycles. The van der Waals surface area contributed by atoms with Crippen LogP contribution < -0.4 is 0 Å². The maximum Gasteiger partial charge on any atom is 0.244 e. The number of benzene rings is 1. The van der Waals surface area contributed by atoms with Crippen molar-refractivity contribution in [3.8, 4) is 0 Å². The largest absolute Gasteiger partial charge is 0.395 e. The van der Waals surface area contributed by atoms with Crippen molar-refractivity contribution < 1.29 is 13.5 Å². The fourth-order valence-corrected chi connectivity index (χ4v) is 5.13. The predicted octanol–water partition coefficient (Wildman–Crippen LogP) is 1.45. The Morgan fingerprint density at radius 3 is 2.67 bits per heavy atom. The highest BCUT2D eigenvalue weighted by Gasteiger charge is 2.28. The predicted molar refractivity (Wildman–Crippen MR) is 85.8 cm³/mol. The van der Waals surface area contributed by atoms with Gasteiger partial charge in [0.1, 0.15) is 0 Å². The first-order valence-corrected chi connectivity index (χ1v) is 9.28. The molecule has 0 unspecified atom stereocenters. The zero-order valence-electron chi connectivity index (χ0n) is 12.1. The first-order valence-electron chi connectivity index (χ1n) is 7.04. The summed E-state index contributed by atoms with van der Waals surface area (Å²) in [6.07, 6.45) is 0.780. The minimum absolute atomic E-state index is 0.107. The Kier molecular flexibility index (Phi) is 5.79. The minimum atomic E-state index is -3.47. The number of sulfonamides is 1. The summed E-state index contributed by atoms with van der Waals surface area (Å²) in [5.74, 6) is 0. The molecule has 0 saturated carbocycles. The van der Waals surface area contributed by atoms with E-state index in [2.05, 4.69) is 20.8 Å². The molecule has 0 spiro atoms. The lowest BCUT2D eigenvalue weighted by molar-refractivity contribution is 0.202. The van der Waals surface area contributed by atoms with E-state index in [1.807, 2.05) is 19.1 Å². The van der Waals surface area contributed by atoms with Crippen molar-refractivity contribution in [2.45, 2.75) is 18.2 Å². The molecule has 118 valence electrons. The van der Waals surface area contributed by atoms with E-state index in [9.17, 15) is 8.42 Å². The fourth-order valence-electron chi connectivity index (χ4n) is 2.51. The Morgan fingerprint density at radius 2 is 2.00 bits per heavy atom. The molecular weight excluding hydrogens is 356 g/mol. The SMILES string of the molecule is Cc1ccc(S(=O)(=O)N2CCCN(CCO)CC2)c(Br)c1. The molecule has 0 bridgehead atoms. The number of hydrogen-bond acceptors (Lipinski definition) is 4. The summed E-state index contributed by atoms with van der Waals surface area (Å²) in [4.78, 5) is 2.42. The van der Waals surface area contributed by atoms with E-state index in [1.165, 1.54) is 0 Å². The third kappa shape index (κ3) is 4.04. The number of halogens is 1. The molecule has 21 heavy (non-hydrogen) atoms. The van der Waals surface area contributed by atoms with Crippen LogP contribution in [0.2, 0.25) is 0 Å². The molecule has 5 nitrogen and oxygen atoms in total. The van der Waals surface area contributed by atoms with Gasteiger partial charge in [0, 0.05) is 30.7 Å². The Bertz CT molecular complexity index is 592. The third-order valence-electron chi connectivity index (χ3n) is 3.67. The normalized spacial score (nSPS) is 18.6. The van der Waals surface area contributed by atoms with E-state index in [-0.39, 0.29) is 6.61 Å². The quantitative estimate of drug-likeness (QED) is 0.863. The molecular formula is C14H21BrN2O3S. The Hall–Kier alpha value is -0.470. The number of aryl methyl sites for hydroxylation is 1. The van der Waals surface area contributed by atoms with Gasteiger partial charge in [0.05, 0.1) is 11.5 Å². The molecule has 1 N–H and O–H groups in total. The van der Waals surface area contributed by atoms with E-state index >= 15 is 0 Å². The number of rotatable bonds is 4. The van der Waals surface area contributed by atoms with Crippen molar-refractivity contribution in [3.63, 3.8) is 0 Å². The van der Waals surface area contributed by atoms with E-state index in [0.717, 1.165) is 18.5 Å². The summed E-state index contributed by atoms with van der Waals surface area (Å²) in [5.41, 5.74) is 1.02. The lowest BCUT2D eigenvalue weighted by atomic mass is 10.2. The van der Waals surface area contributed by atoms with Gasteiger partial charge in [0.25, 0.3) is 0 Å². The maximum atomic E-state index is 12.8. The highest BCUT2D eigenvalue weighted by Crippen LogP contribution is 2.26. The second-order valence-electron chi connectivity index (χ2n) is 5.26. The lowest BCUT2D eigenvalue weighted by Crippen LogP contribution is -2.36. The third-order valence-corrected chi connectivity index (χ3v) is 6.54. The lowest BCUT2D eigenvalue weighted by Gasteiger charge is -2.21. The number of aliphatic hydroxyl groups excluding tert-OH is 1. The second-order valence-corrected chi connectivity index (χ2v) is 8.02. The van der Waals surface area contributed by atoms with Crippen LogP contribution in [0.5, 0.6) is 0 Å². The summed E-state index contributed by atoms with van der Waals surface area (Å²) in [5, 5.41) is 9.00. The van der Waals surface area contributed by atoms with Crippen molar-refractivity contribution in [2.75, 3.05) is 39.3 Å². The van der Waals surface area contributed by atoms with Crippen LogP contribution in [0.3, 0.4) is 0 Å². The van der Waals surface area contributed by atoms with Crippen LogP contribution >= 0.6 is 15.9 Å². The molecule has 0 aliphatic carbocycles. The number of nitrogens with zero attached hydrogens (tertiary/aromatic N) is 2. The van der Waals surface area contributed by atoms with Crippen LogP contribution in [0, 0.1) is 6.92 Å². The van der Waals surface area contributed by atoms with E-state index in [0.29, 0.717) is 35.5 Å². The second kappa shape index (κ2) is 7.19. The highest BCUT2D eigenvalue weighted by atomic mass is 79.9. The molecule has 1 fully saturated rings.